The van der Waals surface area contributed by atoms with Gasteiger partial charge in [0.05, 0.1) is 5.56 Å². The maximum Gasteiger partial charge on any atom is 0.262 e. The van der Waals surface area contributed by atoms with E-state index in [1.165, 1.54) is 10.5 Å². The number of nitrogens with one attached hydrogen (secondary N) is 1. The number of hydrogen-bond acceptors (Lipinski definition) is 3. The van der Waals surface area contributed by atoms with Crippen LogP contribution >= 0.6 is 11.8 Å². The van der Waals surface area contributed by atoms with Crippen molar-refractivity contribution >= 4 is 29.0 Å². The molecule has 0 spiro atoms. The van der Waals surface area contributed by atoms with Crippen LogP contribution in [0.15, 0.2) is 77.7 Å². The minimum atomic E-state index is -0.240. The molecular weight excluding hydrogens is 352 g/mol. The third kappa shape index (κ3) is 3.33. The number of thioether (sulfide) groups is 1. The second-order valence-electron chi connectivity index (χ2n) is 6.56. The summed E-state index contributed by atoms with van der Waals surface area (Å²) in [6, 6.07) is 24.4. The summed E-state index contributed by atoms with van der Waals surface area (Å²) in [4.78, 5) is 16.4. The molecule has 1 amide bonds. The van der Waals surface area contributed by atoms with Crippen molar-refractivity contribution in [2.75, 3.05) is 16.5 Å². The van der Waals surface area contributed by atoms with Crippen molar-refractivity contribution in [2.45, 2.75) is 24.4 Å². The number of benzene rings is 3. The number of para-hydroxylation sites is 1. The lowest BCUT2D eigenvalue weighted by molar-refractivity contribution is 0.0975. The van der Waals surface area contributed by atoms with Crippen molar-refractivity contribution in [1.29, 1.82) is 0 Å². The minimum Gasteiger partial charge on any atom is -0.360 e. The predicted octanol–water partition coefficient (Wildman–Crippen LogP) is 5.74. The second-order valence-corrected chi connectivity index (χ2v) is 7.44. The maximum absolute atomic E-state index is 13.4. The SMILES string of the molecule is CCc1ccc(N2C(=O)c3ccccc3N[C@H]2c2ccc(SC)cc2)cc1. The Morgan fingerprint density at radius 1 is 0.963 bits per heavy atom. The van der Waals surface area contributed by atoms with E-state index in [-0.39, 0.29) is 12.1 Å². The Morgan fingerprint density at radius 3 is 2.33 bits per heavy atom. The number of carbonyl (C=O) groups excluding carboxylic acids is 1. The molecule has 1 aliphatic heterocycles. The lowest BCUT2D eigenvalue weighted by atomic mass is 10.0. The van der Waals surface area contributed by atoms with Crippen molar-refractivity contribution < 1.29 is 4.79 Å². The van der Waals surface area contributed by atoms with Crippen molar-refractivity contribution in [2.24, 2.45) is 0 Å². The number of aryl methyl sites for hydroxylation is 1. The van der Waals surface area contributed by atoms with Crippen LogP contribution in [0, 0.1) is 0 Å². The highest BCUT2D eigenvalue weighted by Crippen LogP contribution is 2.37. The Balaban J connectivity index is 1.80. The molecule has 27 heavy (non-hydrogen) atoms. The summed E-state index contributed by atoms with van der Waals surface area (Å²) in [6.07, 6.45) is 2.81. The van der Waals surface area contributed by atoms with E-state index >= 15 is 0 Å². The number of amides is 1. The fourth-order valence-electron chi connectivity index (χ4n) is 3.43. The maximum atomic E-state index is 13.4. The van der Waals surface area contributed by atoms with E-state index in [1.807, 2.05) is 41.3 Å². The molecule has 136 valence electrons. The van der Waals surface area contributed by atoms with Crippen molar-refractivity contribution in [3.8, 4) is 0 Å². The first-order chi connectivity index (χ1) is 13.2. The predicted molar refractivity (Wildman–Crippen MR) is 114 cm³/mol. The van der Waals surface area contributed by atoms with Gasteiger partial charge < -0.3 is 5.32 Å². The Labute approximate surface area is 164 Å². The third-order valence-corrected chi connectivity index (χ3v) is 5.72. The molecule has 3 nitrogen and oxygen atoms in total. The van der Waals surface area contributed by atoms with Gasteiger partial charge in [-0.1, -0.05) is 43.3 Å². The highest BCUT2D eigenvalue weighted by Gasteiger charge is 2.33. The molecule has 0 unspecified atom stereocenters. The quantitative estimate of drug-likeness (QED) is 0.591. The highest BCUT2D eigenvalue weighted by molar-refractivity contribution is 7.98. The van der Waals surface area contributed by atoms with Crippen molar-refractivity contribution in [1.82, 2.24) is 0 Å². The molecule has 1 N–H and O–H groups in total. The van der Waals surface area contributed by atoms with E-state index in [4.69, 9.17) is 0 Å². The van der Waals surface area contributed by atoms with Gasteiger partial charge >= 0.3 is 0 Å². The van der Waals surface area contributed by atoms with Crippen LogP contribution in [0.25, 0.3) is 0 Å². The molecule has 0 aliphatic carbocycles. The summed E-state index contributed by atoms with van der Waals surface area (Å²) in [5, 5.41) is 3.56. The van der Waals surface area contributed by atoms with Crippen LogP contribution in [0.4, 0.5) is 11.4 Å². The largest absolute Gasteiger partial charge is 0.360 e. The van der Waals surface area contributed by atoms with Gasteiger partial charge in [-0.05, 0) is 60.2 Å². The lowest BCUT2D eigenvalue weighted by Gasteiger charge is -2.38. The normalized spacial score (nSPS) is 16.0. The van der Waals surface area contributed by atoms with E-state index in [0.29, 0.717) is 5.56 Å². The van der Waals surface area contributed by atoms with Crippen molar-refractivity contribution in [3.05, 3.63) is 89.5 Å². The lowest BCUT2D eigenvalue weighted by Crippen LogP contribution is -2.43. The van der Waals surface area contributed by atoms with Gasteiger partial charge in [0.1, 0.15) is 6.17 Å². The van der Waals surface area contributed by atoms with Crippen LogP contribution in [0.5, 0.6) is 0 Å². The van der Waals surface area contributed by atoms with Gasteiger partial charge in [0.25, 0.3) is 5.91 Å². The smallest absolute Gasteiger partial charge is 0.262 e. The highest BCUT2D eigenvalue weighted by atomic mass is 32.2. The molecule has 0 saturated carbocycles. The average molecular weight is 375 g/mol. The summed E-state index contributed by atoms with van der Waals surface area (Å²) in [7, 11) is 0. The standard InChI is InChI=1S/C23H22N2OS/c1-3-16-8-12-18(13-9-16)25-22(17-10-14-19(27-2)15-11-17)24-21-7-5-4-6-20(21)23(25)26/h4-15,22,24H,3H2,1-2H3/t22-/m1/s1. The van der Waals surface area contributed by atoms with Gasteiger partial charge in [0.2, 0.25) is 0 Å². The van der Waals surface area contributed by atoms with Crippen LogP contribution in [0.3, 0.4) is 0 Å². The molecule has 3 aromatic carbocycles. The van der Waals surface area contributed by atoms with E-state index in [1.54, 1.807) is 11.8 Å². The van der Waals surface area contributed by atoms with E-state index < -0.39 is 0 Å². The zero-order valence-corrected chi connectivity index (χ0v) is 16.3. The van der Waals surface area contributed by atoms with E-state index in [2.05, 4.69) is 54.9 Å². The van der Waals surface area contributed by atoms with Crippen molar-refractivity contribution in [3.63, 3.8) is 0 Å². The number of nitrogens with zero attached hydrogens (tertiary/aromatic N) is 1. The Morgan fingerprint density at radius 2 is 1.67 bits per heavy atom. The van der Waals surface area contributed by atoms with E-state index in [9.17, 15) is 4.79 Å². The topological polar surface area (TPSA) is 32.3 Å². The molecule has 4 rings (SSSR count). The molecular formula is C23H22N2OS. The fourth-order valence-corrected chi connectivity index (χ4v) is 3.84. The van der Waals surface area contributed by atoms with Gasteiger partial charge in [0, 0.05) is 16.3 Å². The zero-order valence-electron chi connectivity index (χ0n) is 15.5. The first-order valence-corrected chi connectivity index (χ1v) is 10.4. The Bertz CT molecular complexity index is 951. The summed E-state index contributed by atoms with van der Waals surface area (Å²) < 4.78 is 0. The van der Waals surface area contributed by atoms with Crippen LogP contribution in [0.1, 0.15) is 34.6 Å². The molecule has 1 atom stereocenters. The van der Waals surface area contributed by atoms with Crippen LogP contribution in [-0.4, -0.2) is 12.2 Å². The first kappa shape index (κ1) is 17.7. The zero-order chi connectivity index (χ0) is 18.8. The molecule has 0 radical (unpaired) electrons. The number of fused-ring (bicyclic) bond motifs is 1. The summed E-state index contributed by atoms with van der Waals surface area (Å²) in [5.74, 6) is 0.0209. The number of hydrogen-bond donors (Lipinski definition) is 1. The van der Waals surface area contributed by atoms with Crippen LogP contribution < -0.4 is 10.2 Å². The van der Waals surface area contributed by atoms with Gasteiger partial charge in [-0.25, -0.2) is 0 Å². The Kier molecular flexibility index (Phi) is 4.90. The number of anilines is 2. The van der Waals surface area contributed by atoms with Crippen LogP contribution in [-0.2, 0) is 6.42 Å². The summed E-state index contributed by atoms with van der Waals surface area (Å²) in [5.41, 5.74) is 4.81. The molecule has 0 saturated heterocycles. The monoisotopic (exact) mass is 374 g/mol. The van der Waals surface area contributed by atoms with Gasteiger partial charge in [-0.2, -0.15) is 0 Å². The first-order valence-electron chi connectivity index (χ1n) is 9.13. The van der Waals surface area contributed by atoms with Gasteiger partial charge in [-0.3, -0.25) is 9.69 Å². The molecule has 0 bridgehead atoms. The minimum absolute atomic E-state index is 0.0209. The fraction of sp³-hybridized carbons (Fsp3) is 0.174. The van der Waals surface area contributed by atoms with Gasteiger partial charge in [0.15, 0.2) is 0 Å². The van der Waals surface area contributed by atoms with Crippen LogP contribution in [0.2, 0.25) is 0 Å². The van der Waals surface area contributed by atoms with Gasteiger partial charge in [-0.15, -0.1) is 11.8 Å². The molecule has 0 aromatic heterocycles. The Hall–Kier alpha value is -2.72. The number of rotatable bonds is 4. The number of carbonyl (C=O) groups is 1. The summed E-state index contributed by atoms with van der Waals surface area (Å²) >= 11 is 1.71. The molecule has 4 heteroatoms. The van der Waals surface area contributed by atoms with E-state index in [0.717, 1.165) is 23.4 Å². The molecule has 0 fully saturated rings. The molecule has 3 aromatic rings. The second kappa shape index (κ2) is 7.49. The molecule has 1 heterocycles. The molecule has 1 aliphatic rings. The third-order valence-electron chi connectivity index (χ3n) is 4.98. The average Bonchev–Trinajstić information content (AvgIpc) is 2.74. The summed E-state index contributed by atoms with van der Waals surface area (Å²) in [6.45, 7) is 2.13.